The Morgan fingerprint density at radius 2 is 0.744 bits per heavy atom. The first kappa shape index (κ1) is 40.5. The average Bonchev–Trinajstić information content (AvgIpc) is 3.03. The number of unbranched alkanes of at least 4 members (excludes halogenated alkanes) is 3. The van der Waals surface area contributed by atoms with Crippen molar-refractivity contribution in [1.82, 2.24) is 0 Å². The summed E-state index contributed by atoms with van der Waals surface area (Å²) >= 11 is 0. The van der Waals surface area contributed by atoms with Gasteiger partial charge in [0.1, 0.15) is 0 Å². The number of rotatable bonds is 36. The molecule has 1 aliphatic heterocycles. The van der Waals surface area contributed by atoms with E-state index in [1.165, 1.54) is 25.7 Å². The molecule has 0 N–H and O–H groups in total. The summed E-state index contributed by atoms with van der Waals surface area (Å²) in [6.07, 6.45) is 8.11. The normalized spacial score (nSPS) is 15.4. The Labute approximate surface area is 260 Å². The maximum absolute atomic E-state index is 5.61. The van der Waals surface area contributed by atoms with Gasteiger partial charge in [-0.05, 0) is 25.7 Å². The fraction of sp³-hybridized carbons (Fsp3) is 1.00. The van der Waals surface area contributed by atoms with E-state index in [1.54, 1.807) is 0 Å². The fourth-order valence-electron chi connectivity index (χ4n) is 3.79. The second-order valence-electron chi connectivity index (χ2n) is 9.85. The van der Waals surface area contributed by atoms with Gasteiger partial charge in [0.25, 0.3) is 0 Å². The maximum Gasteiger partial charge on any atom is 0.157 e. The van der Waals surface area contributed by atoms with Crippen molar-refractivity contribution in [2.45, 2.75) is 58.2 Å². The number of ether oxygens (including phenoxy) is 12. The molecule has 0 amide bonds. The lowest BCUT2D eigenvalue weighted by atomic mass is 10.2. The summed E-state index contributed by atoms with van der Waals surface area (Å²) in [5, 5.41) is 0. The Morgan fingerprint density at radius 1 is 0.395 bits per heavy atom. The smallest absolute Gasteiger partial charge is 0.157 e. The molecule has 1 atom stereocenters. The molecule has 0 saturated carbocycles. The predicted molar refractivity (Wildman–Crippen MR) is 162 cm³/mol. The molecule has 0 bridgehead atoms. The van der Waals surface area contributed by atoms with Gasteiger partial charge < -0.3 is 56.8 Å². The molecule has 0 aromatic heterocycles. The van der Waals surface area contributed by atoms with E-state index in [0.29, 0.717) is 132 Å². The Bertz CT molecular complexity index is 511. The van der Waals surface area contributed by atoms with Gasteiger partial charge in [-0.15, -0.1) is 0 Å². The third-order valence-electron chi connectivity index (χ3n) is 6.16. The van der Waals surface area contributed by atoms with Crippen LogP contribution in [0.25, 0.3) is 0 Å². The summed E-state index contributed by atoms with van der Waals surface area (Å²) in [5.74, 6) is 0. The molecular weight excluding hydrogens is 564 g/mol. The van der Waals surface area contributed by atoms with Gasteiger partial charge in [-0.25, -0.2) is 0 Å². The number of hydrogen-bond acceptors (Lipinski definition) is 12. The minimum Gasteiger partial charge on any atom is -0.379 e. The van der Waals surface area contributed by atoms with E-state index in [9.17, 15) is 0 Å². The van der Waals surface area contributed by atoms with Crippen LogP contribution in [-0.2, 0) is 56.8 Å². The lowest BCUT2D eigenvalue weighted by molar-refractivity contribution is -0.169. The van der Waals surface area contributed by atoms with Gasteiger partial charge in [0.2, 0.25) is 0 Å². The van der Waals surface area contributed by atoms with Crippen LogP contribution in [0.15, 0.2) is 0 Å². The van der Waals surface area contributed by atoms with Crippen LogP contribution < -0.4 is 0 Å². The van der Waals surface area contributed by atoms with Gasteiger partial charge in [0.05, 0.1) is 132 Å². The molecule has 1 fully saturated rings. The second-order valence-corrected chi connectivity index (χ2v) is 9.85. The zero-order valence-corrected chi connectivity index (χ0v) is 27.0. The first-order valence-corrected chi connectivity index (χ1v) is 16.4. The molecule has 1 unspecified atom stereocenters. The van der Waals surface area contributed by atoms with E-state index in [-0.39, 0.29) is 6.29 Å². The van der Waals surface area contributed by atoms with Crippen molar-refractivity contribution >= 4 is 0 Å². The molecular formula is C31H62O12. The van der Waals surface area contributed by atoms with Crippen molar-refractivity contribution in [2.75, 3.05) is 145 Å². The highest BCUT2D eigenvalue weighted by Gasteiger charge is 2.13. The van der Waals surface area contributed by atoms with Gasteiger partial charge in [-0.2, -0.15) is 0 Å². The molecule has 12 heteroatoms. The maximum atomic E-state index is 5.61. The molecule has 0 aliphatic carbocycles. The lowest BCUT2D eigenvalue weighted by Crippen LogP contribution is -2.24. The molecule has 1 aliphatic rings. The molecule has 258 valence electrons. The highest BCUT2D eigenvalue weighted by atomic mass is 16.7. The monoisotopic (exact) mass is 626 g/mol. The van der Waals surface area contributed by atoms with Crippen LogP contribution in [0.4, 0.5) is 0 Å². The molecule has 0 spiro atoms. The second kappa shape index (κ2) is 36.0. The molecule has 0 aromatic carbocycles. The van der Waals surface area contributed by atoms with E-state index in [1.807, 2.05) is 0 Å². The van der Waals surface area contributed by atoms with E-state index in [0.717, 1.165) is 32.5 Å². The zero-order valence-electron chi connectivity index (χ0n) is 27.0. The number of hydrogen-bond donors (Lipinski definition) is 0. The Kier molecular flexibility index (Phi) is 33.9. The van der Waals surface area contributed by atoms with E-state index < -0.39 is 0 Å². The molecule has 0 aromatic rings. The quantitative estimate of drug-likeness (QED) is 0.0952. The van der Waals surface area contributed by atoms with Crippen LogP contribution in [-0.4, -0.2) is 152 Å². The minimum atomic E-state index is -0.0619. The highest BCUT2D eigenvalue weighted by Crippen LogP contribution is 2.13. The topological polar surface area (TPSA) is 111 Å². The van der Waals surface area contributed by atoms with Crippen LogP contribution in [0.2, 0.25) is 0 Å². The van der Waals surface area contributed by atoms with Crippen LogP contribution in [0.1, 0.15) is 51.9 Å². The summed E-state index contributed by atoms with van der Waals surface area (Å²) in [4.78, 5) is 0. The first-order valence-electron chi connectivity index (χ1n) is 16.4. The van der Waals surface area contributed by atoms with Crippen molar-refractivity contribution in [2.24, 2.45) is 0 Å². The largest absolute Gasteiger partial charge is 0.379 e. The van der Waals surface area contributed by atoms with Crippen molar-refractivity contribution in [1.29, 1.82) is 0 Å². The highest BCUT2D eigenvalue weighted by molar-refractivity contribution is 4.53. The van der Waals surface area contributed by atoms with E-state index in [4.69, 9.17) is 56.8 Å². The average molecular weight is 627 g/mol. The molecule has 1 rings (SSSR count). The summed E-state index contributed by atoms with van der Waals surface area (Å²) < 4.78 is 66.0. The third-order valence-corrected chi connectivity index (χ3v) is 6.16. The van der Waals surface area contributed by atoms with Crippen molar-refractivity contribution in [3.8, 4) is 0 Å². The fourth-order valence-corrected chi connectivity index (χ4v) is 3.79. The van der Waals surface area contributed by atoms with Gasteiger partial charge in [-0.1, -0.05) is 26.2 Å². The van der Waals surface area contributed by atoms with Crippen molar-refractivity contribution in [3.05, 3.63) is 0 Å². The molecule has 1 heterocycles. The van der Waals surface area contributed by atoms with Crippen LogP contribution >= 0.6 is 0 Å². The summed E-state index contributed by atoms with van der Waals surface area (Å²) in [5.41, 5.74) is 0. The predicted octanol–water partition coefficient (Wildman–Crippen LogP) is 3.28. The summed E-state index contributed by atoms with van der Waals surface area (Å²) in [7, 11) is 0. The Balaban J connectivity index is 1.60. The molecule has 1 saturated heterocycles. The van der Waals surface area contributed by atoms with Gasteiger partial charge in [0, 0.05) is 13.2 Å². The minimum absolute atomic E-state index is 0.0619. The van der Waals surface area contributed by atoms with Gasteiger partial charge in [0.15, 0.2) is 6.29 Å². The zero-order chi connectivity index (χ0) is 30.6. The Hall–Kier alpha value is -0.480. The lowest BCUT2D eigenvalue weighted by Gasteiger charge is -2.22. The first-order chi connectivity index (χ1) is 21.4. The van der Waals surface area contributed by atoms with Crippen LogP contribution in [0.3, 0.4) is 0 Å². The molecule has 43 heavy (non-hydrogen) atoms. The summed E-state index contributed by atoms with van der Waals surface area (Å²) in [6.45, 7) is 14.7. The van der Waals surface area contributed by atoms with Gasteiger partial charge in [-0.3, -0.25) is 0 Å². The summed E-state index contributed by atoms with van der Waals surface area (Å²) in [6, 6.07) is 0. The van der Waals surface area contributed by atoms with Gasteiger partial charge >= 0.3 is 0 Å². The third kappa shape index (κ3) is 32.7. The Morgan fingerprint density at radius 3 is 1.07 bits per heavy atom. The van der Waals surface area contributed by atoms with E-state index >= 15 is 0 Å². The van der Waals surface area contributed by atoms with Crippen molar-refractivity contribution < 1.29 is 56.8 Å². The van der Waals surface area contributed by atoms with Crippen LogP contribution in [0, 0.1) is 0 Å². The molecule has 0 radical (unpaired) electrons. The SMILES string of the molecule is CCCCCCOCCOCCOCCOCCOCCOCCOCCOCCOCCOCCOC1CCCCO1. The molecule has 12 nitrogen and oxygen atoms in total. The van der Waals surface area contributed by atoms with Crippen molar-refractivity contribution in [3.63, 3.8) is 0 Å². The van der Waals surface area contributed by atoms with E-state index in [2.05, 4.69) is 6.92 Å². The van der Waals surface area contributed by atoms with Crippen LogP contribution in [0.5, 0.6) is 0 Å². The standard InChI is InChI=1S/C31H62O12/c1-2-3-4-6-9-32-11-12-33-13-14-34-15-16-35-17-18-36-19-20-37-21-22-38-23-24-39-25-26-40-27-28-41-29-30-43-31-8-5-7-10-42-31/h31H,2-30H2,1H3.